The average Bonchev–Trinajstić information content (AvgIpc) is 3.60. The number of pyridine rings is 1. The number of nitrogens with one attached hydrogen (secondary N) is 1. The zero-order valence-electron chi connectivity index (χ0n) is 18.9. The van der Waals surface area contributed by atoms with E-state index in [-0.39, 0.29) is 18.0 Å². The number of furan rings is 1. The number of imidazole rings is 1. The maximum Gasteiger partial charge on any atom is 0.267 e. The molecule has 0 spiro atoms. The number of rotatable bonds is 8. The van der Waals surface area contributed by atoms with Crippen LogP contribution in [0.15, 0.2) is 69.6 Å². The number of carbonyl (C=O) groups excluding carboxylic acids is 1. The molecule has 0 aromatic carbocycles. The molecule has 1 fully saturated rings. The lowest BCUT2D eigenvalue weighted by atomic mass is 10.2. The summed E-state index contributed by atoms with van der Waals surface area (Å²) in [5.41, 5.74) is 1.50. The van der Waals surface area contributed by atoms with E-state index in [1.165, 1.54) is 9.30 Å². The van der Waals surface area contributed by atoms with Gasteiger partial charge in [0, 0.05) is 31.7 Å². The molecule has 1 aliphatic rings. The molecule has 5 rings (SSSR count). The maximum atomic E-state index is 13.5. The number of hydrogen-bond acceptors (Lipinski definition) is 8. The van der Waals surface area contributed by atoms with E-state index in [0.717, 1.165) is 30.3 Å². The van der Waals surface area contributed by atoms with Gasteiger partial charge in [-0.15, -0.1) is 0 Å². The number of fused-ring (bicyclic) bond motifs is 1. The minimum absolute atomic E-state index is 0.239. The van der Waals surface area contributed by atoms with Gasteiger partial charge in [0.25, 0.3) is 11.5 Å². The molecule has 0 radical (unpaired) electrons. The summed E-state index contributed by atoms with van der Waals surface area (Å²) in [5.74, 6) is 0.799. The molecule has 1 amide bonds. The normalized spacial score (nSPS) is 15.0. The summed E-state index contributed by atoms with van der Waals surface area (Å²) in [5, 5.41) is 3.30. The van der Waals surface area contributed by atoms with E-state index in [9.17, 15) is 9.59 Å². The number of hydrogen-bond donors (Lipinski definition) is 1. The van der Waals surface area contributed by atoms with Gasteiger partial charge in [0.05, 0.1) is 29.6 Å². The van der Waals surface area contributed by atoms with Crippen LogP contribution in [0.25, 0.3) is 11.7 Å². The first-order valence-electron chi connectivity index (χ1n) is 11.0. The van der Waals surface area contributed by atoms with Crippen LogP contribution in [0.5, 0.6) is 0 Å². The molecular weight excluding hydrogens is 484 g/mol. The van der Waals surface area contributed by atoms with E-state index in [1.807, 2.05) is 23.8 Å². The Morgan fingerprint density at radius 1 is 1.23 bits per heavy atom. The van der Waals surface area contributed by atoms with E-state index < -0.39 is 0 Å². The molecule has 4 aromatic heterocycles. The summed E-state index contributed by atoms with van der Waals surface area (Å²) in [4.78, 5) is 37.2. The first-order chi connectivity index (χ1) is 17.0. The predicted molar refractivity (Wildman–Crippen MR) is 139 cm³/mol. The molecule has 35 heavy (non-hydrogen) atoms. The van der Waals surface area contributed by atoms with Crippen molar-refractivity contribution in [1.29, 1.82) is 0 Å². The molecule has 5 heterocycles. The lowest BCUT2D eigenvalue weighted by molar-refractivity contribution is -0.122. The number of thioether (sulfide) groups is 1. The van der Waals surface area contributed by atoms with Crippen molar-refractivity contribution in [3.05, 3.63) is 87.6 Å². The van der Waals surface area contributed by atoms with E-state index in [2.05, 4.69) is 10.3 Å². The number of thiocarbonyl (C=S) groups is 1. The van der Waals surface area contributed by atoms with Gasteiger partial charge in [0.2, 0.25) is 0 Å². The average molecular weight is 507 g/mol. The molecule has 11 heteroatoms. The number of carbonyl (C=O) groups is 1. The lowest BCUT2D eigenvalue weighted by Gasteiger charge is -2.13. The number of anilines is 1. The van der Waals surface area contributed by atoms with Crippen LogP contribution in [0, 0.1) is 6.92 Å². The monoisotopic (exact) mass is 506 g/mol. The molecule has 0 aliphatic carbocycles. The zero-order valence-corrected chi connectivity index (χ0v) is 20.5. The Morgan fingerprint density at radius 3 is 2.89 bits per heavy atom. The van der Waals surface area contributed by atoms with Crippen LogP contribution in [-0.4, -0.2) is 40.6 Å². The van der Waals surface area contributed by atoms with Gasteiger partial charge in [0.15, 0.2) is 0 Å². The third-order valence-electron chi connectivity index (χ3n) is 5.57. The molecule has 0 saturated carbocycles. The Kier molecular flexibility index (Phi) is 6.51. The third kappa shape index (κ3) is 4.77. The Balaban J connectivity index is 1.46. The fraction of sp³-hybridized carbons (Fsp3) is 0.208. The fourth-order valence-electron chi connectivity index (χ4n) is 3.79. The highest BCUT2D eigenvalue weighted by molar-refractivity contribution is 8.26. The summed E-state index contributed by atoms with van der Waals surface area (Å²) >= 11 is 6.60. The van der Waals surface area contributed by atoms with Gasteiger partial charge in [-0.1, -0.05) is 30.0 Å². The van der Waals surface area contributed by atoms with Crippen LogP contribution in [0.3, 0.4) is 0 Å². The van der Waals surface area contributed by atoms with Gasteiger partial charge in [-0.05, 0) is 43.2 Å². The zero-order chi connectivity index (χ0) is 24.4. The van der Waals surface area contributed by atoms with Crippen LogP contribution < -0.4 is 10.9 Å². The Morgan fingerprint density at radius 2 is 2.11 bits per heavy atom. The second-order valence-corrected chi connectivity index (χ2v) is 9.67. The number of aromatic nitrogens is 4. The second kappa shape index (κ2) is 9.88. The molecule has 0 bridgehead atoms. The van der Waals surface area contributed by atoms with Crippen LogP contribution in [0.4, 0.5) is 5.82 Å². The smallest absolute Gasteiger partial charge is 0.267 e. The Hall–Kier alpha value is -3.70. The lowest BCUT2D eigenvalue weighted by Crippen LogP contribution is -2.27. The van der Waals surface area contributed by atoms with Gasteiger partial charge < -0.3 is 14.3 Å². The minimum Gasteiger partial charge on any atom is -0.467 e. The summed E-state index contributed by atoms with van der Waals surface area (Å²) in [7, 11) is 0. The number of nitrogens with zero attached hydrogens (tertiary/aromatic N) is 5. The van der Waals surface area contributed by atoms with Gasteiger partial charge >= 0.3 is 0 Å². The molecule has 0 unspecified atom stereocenters. The van der Waals surface area contributed by atoms with Crippen molar-refractivity contribution in [2.24, 2.45) is 0 Å². The van der Waals surface area contributed by atoms with Gasteiger partial charge in [-0.25, -0.2) is 9.97 Å². The Labute approximate surface area is 210 Å². The SMILES string of the molecule is Cc1cccn2c(=O)c(C=C3SC(=S)N(Cc4ccco4)C3=O)c(NCCCn3ccnc3)nc12. The Bertz CT molecular complexity index is 1480. The van der Waals surface area contributed by atoms with E-state index in [4.69, 9.17) is 21.6 Å². The highest BCUT2D eigenvalue weighted by Gasteiger charge is 2.33. The summed E-state index contributed by atoms with van der Waals surface area (Å²) in [6.07, 6.45) is 11.0. The molecule has 1 aliphatic heterocycles. The first-order valence-corrected chi connectivity index (χ1v) is 12.2. The standard InChI is InChI=1S/C24H22N6O3S2/c1-16-5-2-10-29-21(16)27-20(26-7-4-9-28-11-8-25-15-28)18(22(29)31)13-19-23(32)30(24(34)35-19)14-17-6-3-12-33-17/h2-3,5-6,8,10-13,15,26H,4,7,9,14H2,1H3. The molecule has 178 valence electrons. The largest absolute Gasteiger partial charge is 0.467 e. The number of aryl methyl sites for hydroxylation is 2. The quantitative estimate of drug-likeness (QED) is 0.220. The molecule has 1 N–H and O–H groups in total. The van der Waals surface area contributed by atoms with Crippen molar-refractivity contribution in [3.63, 3.8) is 0 Å². The van der Waals surface area contributed by atoms with Gasteiger partial charge in [0.1, 0.15) is 21.5 Å². The van der Waals surface area contributed by atoms with E-state index in [0.29, 0.717) is 38.6 Å². The molecule has 1 saturated heterocycles. The maximum absolute atomic E-state index is 13.5. The van der Waals surface area contributed by atoms with Crippen molar-refractivity contribution in [1.82, 2.24) is 23.8 Å². The third-order valence-corrected chi connectivity index (χ3v) is 6.95. The summed E-state index contributed by atoms with van der Waals surface area (Å²) < 4.78 is 9.27. The van der Waals surface area contributed by atoms with E-state index >= 15 is 0 Å². The highest BCUT2D eigenvalue weighted by atomic mass is 32.2. The van der Waals surface area contributed by atoms with Crippen LogP contribution >= 0.6 is 24.0 Å². The van der Waals surface area contributed by atoms with Crippen LogP contribution in [-0.2, 0) is 17.9 Å². The molecule has 9 nitrogen and oxygen atoms in total. The fourth-order valence-corrected chi connectivity index (χ4v) is 5.03. The van der Waals surface area contributed by atoms with Crippen molar-refractivity contribution >= 4 is 51.7 Å². The first kappa shape index (κ1) is 23.1. The van der Waals surface area contributed by atoms with Crippen molar-refractivity contribution in [3.8, 4) is 0 Å². The molecular formula is C24H22N6O3S2. The molecule has 0 atom stereocenters. The van der Waals surface area contributed by atoms with Crippen LogP contribution in [0.2, 0.25) is 0 Å². The van der Waals surface area contributed by atoms with Gasteiger partial charge in [-0.3, -0.25) is 18.9 Å². The topological polar surface area (TPSA) is 97.7 Å². The highest BCUT2D eigenvalue weighted by Crippen LogP contribution is 2.34. The van der Waals surface area contributed by atoms with Gasteiger partial charge in [-0.2, -0.15) is 0 Å². The van der Waals surface area contributed by atoms with Crippen molar-refractivity contribution in [2.75, 3.05) is 11.9 Å². The van der Waals surface area contributed by atoms with Crippen molar-refractivity contribution < 1.29 is 9.21 Å². The van der Waals surface area contributed by atoms with E-state index in [1.54, 1.807) is 49.3 Å². The number of amides is 1. The van der Waals surface area contributed by atoms with Crippen molar-refractivity contribution in [2.45, 2.75) is 26.4 Å². The predicted octanol–water partition coefficient (Wildman–Crippen LogP) is 3.70. The van der Waals surface area contributed by atoms with Crippen LogP contribution in [0.1, 0.15) is 23.3 Å². The minimum atomic E-state index is -0.267. The summed E-state index contributed by atoms with van der Waals surface area (Å²) in [6, 6.07) is 7.26. The summed E-state index contributed by atoms with van der Waals surface area (Å²) in [6.45, 7) is 3.51. The molecule has 4 aromatic rings. The second-order valence-electron chi connectivity index (χ2n) is 7.99.